The number of hydrogen-bond acceptors (Lipinski definition) is 6. The molecule has 8 heteroatoms. The lowest BCUT2D eigenvalue weighted by atomic mass is 10.0. The first kappa shape index (κ1) is 21.6. The van der Waals surface area contributed by atoms with E-state index in [9.17, 15) is 9.59 Å². The normalized spacial score (nSPS) is 13.5. The largest absolute Gasteiger partial charge is 0.397 e. The summed E-state index contributed by atoms with van der Waals surface area (Å²) >= 11 is 2.57. The van der Waals surface area contributed by atoms with Crippen LogP contribution in [0.1, 0.15) is 56.1 Å². The molecule has 1 aliphatic rings. The average molecular weight is 477 g/mol. The van der Waals surface area contributed by atoms with Crippen LogP contribution in [0.2, 0.25) is 0 Å². The van der Waals surface area contributed by atoms with Gasteiger partial charge in [-0.05, 0) is 49.8 Å². The maximum absolute atomic E-state index is 13.2. The second-order valence-corrected chi connectivity index (χ2v) is 10.3. The van der Waals surface area contributed by atoms with Gasteiger partial charge in [-0.15, -0.1) is 22.7 Å². The monoisotopic (exact) mass is 476 g/mol. The van der Waals surface area contributed by atoms with E-state index in [0.717, 1.165) is 52.7 Å². The molecule has 0 saturated carbocycles. The molecular weight excluding hydrogens is 452 g/mol. The summed E-state index contributed by atoms with van der Waals surface area (Å²) in [5, 5.41) is 5.96. The zero-order chi connectivity index (χ0) is 23.1. The number of nitrogens with one attached hydrogen (secondary N) is 1. The highest BCUT2D eigenvalue weighted by Crippen LogP contribution is 2.38. The fourth-order valence-electron chi connectivity index (χ4n) is 4.30. The van der Waals surface area contributed by atoms with Crippen LogP contribution in [0.4, 0.5) is 10.7 Å². The van der Waals surface area contributed by atoms with E-state index in [2.05, 4.69) is 11.4 Å². The van der Waals surface area contributed by atoms with Crippen molar-refractivity contribution in [1.82, 2.24) is 4.98 Å². The van der Waals surface area contributed by atoms with Gasteiger partial charge in [-0.25, -0.2) is 4.98 Å². The molecule has 0 atom stereocenters. The summed E-state index contributed by atoms with van der Waals surface area (Å²) < 4.78 is 0. The first-order chi connectivity index (χ1) is 15.9. The SMILES string of the molecule is Cc1ccc(-c2csc(NC(=O)c3sc4nc5c(cc4c3N)CCCCC5)c2C(N)=O)cc1. The molecule has 168 valence electrons. The molecule has 1 aromatic carbocycles. The molecule has 0 unspecified atom stereocenters. The van der Waals surface area contributed by atoms with Crippen LogP contribution in [0, 0.1) is 6.92 Å². The van der Waals surface area contributed by atoms with Gasteiger partial charge in [0, 0.05) is 22.0 Å². The number of thiophene rings is 2. The van der Waals surface area contributed by atoms with Gasteiger partial charge in [0.25, 0.3) is 11.8 Å². The van der Waals surface area contributed by atoms with E-state index in [1.807, 2.05) is 36.6 Å². The minimum Gasteiger partial charge on any atom is -0.397 e. The maximum Gasteiger partial charge on any atom is 0.268 e. The van der Waals surface area contributed by atoms with E-state index in [0.29, 0.717) is 26.7 Å². The Morgan fingerprint density at radius 3 is 2.61 bits per heavy atom. The van der Waals surface area contributed by atoms with Crippen LogP contribution < -0.4 is 16.8 Å². The fourth-order valence-corrected chi connectivity index (χ4v) is 6.27. The standard InChI is InChI=1S/C25H24N4O2S2/c1-13-7-9-14(10-8-13)17-12-32-25(19(17)22(27)30)29-23(31)21-20(26)16-11-15-5-3-2-4-6-18(15)28-24(16)33-21/h7-12H,2-6,26H2,1H3,(H2,27,30)(H,29,31). The number of benzene rings is 1. The number of nitrogen functional groups attached to an aromatic ring is 1. The Kier molecular flexibility index (Phi) is 5.64. The molecule has 0 aliphatic heterocycles. The van der Waals surface area contributed by atoms with Crippen molar-refractivity contribution in [2.45, 2.75) is 39.0 Å². The predicted molar refractivity (Wildman–Crippen MR) is 136 cm³/mol. The minimum atomic E-state index is -0.586. The Balaban J connectivity index is 1.49. The molecule has 5 N–H and O–H groups in total. The van der Waals surface area contributed by atoms with Crippen molar-refractivity contribution in [3.05, 3.63) is 63.0 Å². The number of nitrogens with two attached hydrogens (primary N) is 2. The molecule has 3 aromatic heterocycles. The van der Waals surface area contributed by atoms with Crippen LogP contribution in [0.3, 0.4) is 0 Å². The number of pyridine rings is 1. The van der Waals surface area contributed by atoms with E-state index >= 15 is 0 Å². The fraction of sp³-hybridized carbons (Fsp3) is 0.240. The summed E-state index contributed by atoms with van der Waals surface area (Å²) in [5.41, 5.74) is 17.9. The molecule has 2 amide bonds. The number of aromatic nitrogens is 1. The number of primary amides is 1. The highest BCUT2D eigenvalue weighted by Gasteiger charge is 2.24. The lowest BCUT2D eigenvalue weighted by Crippen LogP contribution is -2.17. The van der Waals surface area contributed by atoms with E-state index < -0.39 is 5.91 Å². The number of fused-ring (bicyclic) bond motifs is 2. The van der Waals surface area contributed by atoms with Gasteiger partial charge in [0.1, 0.15) is 14.7 Å². The van der Waals surface area contributed by atoms with E-state index in [1.165, 1.54) is 34.7 Å². The Hall–Kier alpha value is -3.23. The van der Waals surface area contributed by atoms with Crippen molar-refractivity contribution in [2.75, 3.05) is 11.1 Å². The molecule has 3 heterocycles. The van der Waals surface area contributed by atoms with E-state index in [1.54, 1.807) is 0 Å². The predicted octanol–water partition coefficient (Wildman–Crippen LogP) is 5.54. The van der Waals surface area contributed by atoms with Gasteiger partial charge in [0.2, 0.25) is 0 Å². The first-order valence-electron chi connectivity index (χ1n) is 10.9. The zero-order valence-corrected chi connectivity index (χ0v) is 19.9. The quantitative estimate of drug-likeness (QED) is 0.336. The summed E-state index contributed by atoms with van der Waals surface area (Å²) in [6.07, 6.45) is 5.45. The summed E-state index contributed by atoms with van der Waals surface area (Å²) in [5.74, 6) is -0.942. The van der Waals surface area contributed by atoms with E-state index in [4.69, 9.17) is 16.5 Å². The van der Waals surface area contributed by atoms with Gasteiger partial charge in [0.05, 0.1) is 11.3 Å². The molecule has 0 saturated heterocycles. The number of hydrogen-bond donors (Lipinski definition) is 3. The smallest absolute Gasteiger partial charge is 0.268 e. The van der Waals surface area contributed by atoms with Crippen molar-refractivity contribution in [2.24, 2.45) is 5.73 Å². The summed E-state index contributed by atoms with van der Waals surface area (Å²) in [6, 6.07) is 9.93. The number of anilines is 2. The number of rotatable bonds is 4. The van der Waals surface area contributed by atoms with Crippen molar-refractivity contribution < 1.29 is 9.59 Å². The van der Waals surface area contributed by atoms with Gasteiger partial charge in [-0.3, -0.25) is 9.59 Å². The van der Waals surface area contributed by atoms with Gasteiger partial charge in [-0.2, -0.15) is 0 Å². The maximum atomic E-state index is 13.2. The number of carbonyl (C=O) groups excluding carboxylic acids is 2. The van der Waals surface area contributed by atoms with Crippen molar-refractivity contribution in [3.8, 4) is 11.1 Å². The molecule has 0 spiro atoms. The molecule has 4 aromatic rings. The Bertz CT molecular complexity index is 1390. The lowest BCUT2D eigenvalue weighted by molar-refractivity contribution is 0.100. The average Bonchev–Trinajstić information content (AvgIpc) is 3.25. The topological polar surface area (TPSA) is 111 Å². The summed E-state index contributed by atoms with van der Waals surface area (Å²) in [7, 11) is 0. The summed E-state index contributed by atoms with van der Waals surface area (Å²) in [6.45, 7) is 2.00. The third-order valence-corrected chi connectivity index (χ3v) is 8.09. The van der Waals surface area contributed by atoms with Crippen LogP contribution in [0.15, 0.2) is 35.7 Å². The zero-order valence-electron chi connectivity index (χ0n) is 18.2. The Morgan fingerprint density at radius 2 is 1.85 bits per heavy atom. The molecular formula is C25H24N4O2S2. The van der Waals surface area contributed by atoms with Crippen LogP contribution >= 0.6 is 22.7 Å². The van der Waals surface area contributed by atoms with Crippen LogP contribution in [-0.2, 0) is 12.8 Å². The number of aryl methyl sites for hydroxylation is 3. The molecule has 5 rings (SSSR count). The van der Waals surface area contributed by atoms with E-state index in [-0.39, 0.29) is 5.91 Å². The first-order valence-corrected chi connectivity index (χ1v) is 12.6. The number of nitrogens with zero attached hydrogens (tertiary/aromatic N) is 1. The van der Waals surface area contributed by atoms with Crippen molar-refractivity contribution >= 4 is 55.4 Å². The van der Waals surface area contributed by atoms with Crippen LogP contribution in [-0.4, -0.2) is 16.8 Å². The van der Waals surface area contributed by atoms with Crippen LogP contribution in [0.5, 0.6) is 0 Å². The van der Waals surface area contributed by atoms with Gasteiger partial charge in [0.15, 0.2) is 0 Å². The molecule has 6 nitrogen and oxygen atoms in total. The molecule has 1 aliphatic carbocycles. The highest BCUT2D eigenvalue weighted by atomic mass is 32.1. The molecule has 0 radical (unpaired) electrons. The van der Waals surface area contributed by atoms with Crippen LogP contribution in [0.25, 0.3) is 21.3 Å². The van der Waals surface area contributed by atoms with Gasteiger partial charge >= 0.3 is 0 Å². The Labute approximate surface area is 199 Å². The highest BCUT2D eigenvalue weighted by molar-refractivity contribution is 7.21. The lowest BCUT2D eigenvalue weighted by Gasteiger charge is -2.07. The van der Waals surface area contributed by atoms with Crippen molar-refractivity contribution in [1.29, 1.82) is 0 Å². The third-order valence-electron chi connectivity index (χ3n) is 6.08. The number of carbonyl (C=O) groups is 2. The summed E-state index contributed by atoms with van der Waals surface area (Å²) in [4.78, 5) is 31.5. The Morgan fingerprint density at radius 1 is 1.09 bits per heavy atom. The third kappa shape index (κ3) is 4.00. The number of amides is 2. The second-order valence-electron chi connectivity index (χ2n) is 8.39. The van der Waals surface area contributed by atoms with Gasteiger partial charge in [-0.1, -0.05) is 36.2 Å². The molecule has 33 heavy (non-hydrogen) atoms. The van der Waals surface area contributed by atoms with Gasteiger partial charge < -0.3 is 16.8 Å². The van der Waals surface area contributed by atoms with Crippen molar-refractivity contribution in [3.63, 3.8) is 0 Å². The second kappa shape index (κ2) is 8.61. The molecule has 0 fully saturated rings. The minimum absolute atomic E-state index is 0.307. The molecule has 0 bridgehead atoms.